The average molecular weight is 430 g/mol. The number of amides is 3. The third-order valence-corrected chi connectivity index (χ3v) is 6.18. The number of nitrogens with zero attached hydrogens (tertiary/aromatic N) is 3. The van der Waals surface area contributed by atoms with Gasteiger partial charge in [-0.1, -0.05) is 18.2 Å². The van der Waals surface area contributed by atoms with Gasteiger partial charge in [0.2, 0.25) is 17.7 Å². The summed E-state index contributed by atoms with van der Waals surface area (Å²) in [4.78, 5) is 43.2. The van der Waals surface area contributed by atoms with Crippen LogP contribution >= 0.6 is 0 Å². The summed E-state index contributed by atoms with van der Waals surface area (Å²) in [5.41, 5.74) is 1.09. The number of para-hydroxylation sites is 1. The molecule has 0 aliphatic carbocycles. The van der Waals surface area contributed by atoms with Crippen molar-refractivity contribution in [2.75, 3.05) is 39.3 Å². The van der Waals surface area contributed by atoms with Gasteiger partial charge in [0.05, 0.1) is 12.5 Å². The monoisotopic (exact) mass is 429 g/mol. The summed E-state index contributed by atoms with van der Waals surface area (Å²) in [6, 6.07) is 7.99. The van der Waals surface area contributed by atoms with Gasteiger partial charge in [0.15, 0.2) is 0 Å². The lowest BCUT2D eigenvalue weighted by atomic mass is 10.1. The Kier molecular flexibility index (Phi) is 7.93. The second kappa shape index (κ2) is 10.6. The highest BCUT2D eigenvalue weighted by atomic mass is 16.5. The lowest BCUT2D eigenvalue weighted by molar-refractivity contribution is -0.136. The van der Waals surface area contributed by atoms with E-state index in [-0.39, 0.29) is 29.7 Å². The number of rotatable bonds is 7. The van der Waals surface area contributed by atoms with E-state index >= 15 is 0 Å². The van der Waals surface area contributed by atoms with Crippen LogP contribution in [0.4, 0.5) is 0 Å². The van der Waals surface area contributed by atoms with Crippen LogP contribution in [0.15, 0.2) is 24.3 Å². The Morgan fingerprint density at radius 2 is 1.81 bits per heavy atom. The highest BCUT2D eigenvalue weighted by molar-refractivity contribution is 5.89. The van der Waals surface area contributed by atoms with Crippen LogP contribution in [-0.2, 0) is 14.4 Å². The molecule has 0 aromatic heterocycles. The number of benzene rings is 1. The van der Waals surface area contributed by atoms with E-state index in [9.17, 15) is 14.4 Å². The van der Waals surface area contributed by atoms with Crippen LogP contribution in [0.3, 0.4) is 0 Å². The van der Waals surface area contributed by atoms with Gasteiger partial charge in [-0.05, 0) is 45.2 Å². The standard InChI is InChI=1S/C24H35N3O4/c1-18(2)27-17-20(16-23(27)29)24(30)26-12-7-11-25(13-14-26)22(28)10-6-15-31-21-9-5-4-8-19(21)3/h4-5,8-9,18,20H,6-7,10-17H2,1-3H3. The number of likely N-dealkylation sites (tertiary alicyclic amines) is 1. The van der Waals surface area contributed by atoms with E-state index < -0.39 is 0 Å². The molecule has 2 aliphatic rings. The predicted molar refractivity (Wildman–Crippen MR) is 119 cm³/mol. The normalized spacial score (nSPS) is 19.7. The van der Waals surface area contributed by atoms with Gasteiger partial charge >= 0.3 is 0 Å². The molecular formula is C24H35N3O4. The Bertz CT molecular complexity index is 795. The second-order valence-electron chi connectivity index (χ2n) is 8.82. The molecule has 0 bridgehead atoms. The van der Waals surface area contributed by atoms with Gasteiger partial charge < -0.3 is 19.4 Å². The third-order valence-electron chi connectivity index (χ3n) is 6.18. The summed E-state index contributed by atoms with van der Waals surface area (Å²) in [6.45, 7) is 9.39. The maximum Gasteiger partial charge on any atom is 0.228 e. The van der Waals surface area contributed by atoms with Crippen LogP contribution in [0.1, 0.15) is 45.1 Å². The van der Waals surface area contributed by atoms with Gasteiger partial charge in [-0.25, -0.2) is 0 Å². The first kappa shape index (κ1) is 23.1. The van der Waals surface area contributed by atoms with E-state index in [0.29, 0.717) is 58.6 Å². The van der Waals surface area contributed by atoms with Crippen LogP contribution in [0.2, 0.25) is 0 Å². The van der Waals surface area contributed by atoms with E-state index in [1.807, 2.05) is 54.8 Å². The molecule has 0 spiro atoms. The highest BCUT2D eigenvalue weighted by Crippen LogP contribution is 2.23. The van der Waals surface area contributed by atoms with Gasteiger partial charge in [-0.2, -0.15) is 0 Å². The van der Waals surface area contributed by atoms with Gasteiger partial charge in [-0.15, -0.1) is 0 Å². The minimum absolute atomic E-state index is 0.0532. The molecule has 7 heteroatoms. The molecule has 2 heterocycles. The third kappa shape index (κ3) is 5.99. The van der Waals surface area contributed by atoms with Crippen molar-refractivity contribution < 1.29 is 19.1 Å². The van der Waals surface area contributed by atoms with Crippen molar-refractivity contribution in [2.45, 2.75) is 52.5 Å². The molecule has 3 amide bonds. The first-order valence-corrected chi connectivity index (χ1v) is 11.4. The summed E-state index contributed by atoms with van der Waals surface area (Å²) in [6.07, 6.45) is 2.19. The lowest BCUT2D eigenvalue weighted by Crippen LogP contribution is -2.41. The minimum atomic E-state index is -0.254. The second-order valence-corrected chi connectivity index (χ2v) is 8.82. The van der Waals surface area contributed by atoms with Crippen LogP contribution in [0.5, 0.6) is 5.75 Å². The SMILES string of the molecule is Cc1ccccc1OCCCC(=O)N1CCCN(C(=O)C2CC(=O)N(C(C)C)C2)CC1. The van der Waals surface area contributed by atoms with Crippen molar-refractivity contribution in [3.8, 4) is 5.75 Å². The van der Waals surface area contributed by atoms with Crippen molar-refractivity contribution in [1.82, 2.24) is 14.7 Å². The molecule has 2 fully saturated rings. The zero-order valence-electron chi connectivity index (χ0n) is 19.0. The van der Waals surface area contributed by atoms with E-state index in [0.717, 1.165) is 17.7 Å². The molecule has 1 atom stereocenters. The minimum Gasteiger partial charge on any atom is -0.493 e. The quantitative estimate of drug-likeness (QED) is 0.625. The topological polar surface area (TPSA) is 70.2 Å². The molecule has 2 saturated heterocycles. The first-order chi connectivity index (χ1) is 14.9. The first-order valence-electron chi connectivity index (χ1n) is 11.4. The Morgan fingerprint density at radius 3 is 2.52 bits per heavy atom. The zero-order chi connectivity index (χ0) is 22.4. The Morgan fingerprint density at radius 1 is 1.10 bits per heavy atom. The number of ether oxygens (including phenoxy) is 1. The van der Waals surface area contributed by atoms with Gasteiger partial charge in [0.1, 0.15) is 5.75 Å². The van der Waals surface area contributed by atoms with Crippen molar-refractivity contribution >= 4 is 17.7 Å². The maximum atomic E-state index is 12.9. The highest BCUT2D eigenvalue weighted by Gasteiger charge is 2.37. The van der Waals surface area contributed by atoms with Crippen molar-refractivity contribution in [3.63, 3.8) is 0 Å². The number of aryl methyl sites for hydroxylation is 1. The fraction of sp³-hybridized carbons (Fsp3) is 0.625. The number of hydrogen-bond acceptors (Lipinski definition) is 4. The number of carbonyl (C=O) groups excluding carboxylic acids is 3. The van der Waals surface area contributed by atoms with Crippen molar-refractivity contribution in [3.05, 3.63) is 29.8 Å². The van der Waals surface area contributed by atoms with Crippen LogP contribution < -0.4 is 4.74 Å². The molecule has 2 aliphatic heterocycles. The molecule has 31 heavy (non-hydrogen) atoms. The summed E-state index contributed by atoms with van der Waals surface area (Å²) < 4.78 is 5.78. The molecule has 1 aromatic rings. The molecule has 7 nitrogen and oxygen atoms in total. The van der Waals surface area contributed by atoms with Crippen LogP contribution in [-0.4, -0.2) is 77.8 Å². The molecular weight excluding hydrogens is 394 g/mol. The lowest BCUT2D eigenvalue weighted by Gasteiger charge is -2.25. The largest absolute Gasteiger partial charge is 0.493 e. The maximum absolute atomic E-state index is 12.9. The Balaban J connectivity index is 1.42. The van der Waals surface area contributed by atoms with Crippen molar-refractivity contribution in [2.24, 2.45) is 5.92 Å². The van der Waals surface area contributed by atoms with Crippen LogP contribution in [0, 0.1) is 12.8 Å². The smallest absolute Gasteiger partial charge is 0.228 e. The summed E-state index contributed by atoms with van der Waals surface area (Å²) in [7, 11) is 0. The number of hydrogen-bond donors (Lipinski definition) is 0. The molecule has 1 unspecified atom stereocenters. The fourth-order valence-electron chi connectivity index (χ4n) is 4.32. The van der Waals surface area contributed by atoms with E-state index in [1.165, 1.54) is 0 Å². The summed E-state index contributed by atoms with van der Waals surface area (Å²) in [5.74, 6) is 0.839. The van der Waals surface area contributed by atoms with Gasteiger partial charge in [0, 0.05) is 51.6 Å². The predicted octanol–water partition coefficient (Wildman–Crippen LogP) is 2.47. The molecule has 0 radical (unpaired) electrons. The van der Waals surface area contributed by atoms with E-state index in [4.69, 9.17) is 4.74 Å². The zero-order valence-corrected chi connectivity index (χ0v) is 19.0. The van der Waals surface area contributed by atoms with E-state index in [1.54, 1.807) is 4.90 Å². The summed E-state index contributed by atoms with van der Waals surface area (Å²) in [5, 5.41) is 0. The Hall–Kier alpha value is -2.57. The fourth-order valence-corrected chi connectivity index (χ4v) is 4.32. The van der Waals surface area contributed by atoms with Crippen LogP contribution in [0.25, 0.3) is 0 Å². The van der Waals surface area contributed by atoms with Gasteiger partial charge in [-0.3, -0.25) is 14.4 Å². The molecule has 1 aromatic carbocycles. The molecule has 0 saturated carbocycles. The number of carbonyl (C=O) groups is 3. The van der Waals surface area contributed by atoms with E-state index in [2.05, 4.69) is 0 Å². The average Bonchev–Trinajstić information content (AvgIpc) is 2.97. The van der Waals surface area contributed by atoms with Gasteiger partial charge in [0.25, 0.3) is 0 Å². The molecule has 3 rings (SSSR count). The Labute approximate surface area is 185 Å². The summed E-state index contributed by atoms with van der Waals surface area (Å²) >= 11 is 0. The molecule has 0 N–H and O–H groups in total. The molecule has 170 valence electrons. The van der Waals surface area contributed by atoms with Crippen molar-refractivity contribution in [1.29, 1.82) is 0 Å².